The Morgan fingerprint density at radius 3 is 2.65 bits per heavy atom. The first-order chi connectivity index (χ1) is 9.66. The first kappa shape index (κ1) is 13.5. The maximum absolute atomic E-state index is 11.7. The van der Waals surface area contributed by atoms with Crippen LogP contribution in [-0.4, -0.2) is 18.4 Å². The van der Waals surface area contributed by atoms with Crippen LogP contribution in [0.25, 0.3) is 0 Å². The van der Waals surface area contributed by atoms with Crippen molar-refractivity contribution in [1.29, 1.82) is 0 Å². The lowest BCUT2D eigenvalue weighted by molar-refractivity contribution is 0.101. The number of hydrogen-bond acceptors (Lipinski definition) is 3. The molecule has 2 N–H and O–H groups in total. The van der Waals surface area contributed by atoms with Gasteiger partial charge in [0.05, 0.1) is 0 Å². The molecule has 3 nitrogen and oxygen atoms in total. The van der Waals surface area contributed by atoms with Gasteiger partial charge in [0.15, 0.2) is 5.78 Å². The summed E-state index contributed by atoms with van der Waals surface area (Å²) in [6.07, 6.45) is 8.07. The van der Waals surface area contributed by atoms with E-state index in [4.69, 9.17) is 5.73 Å². The number of nitrogens with two attached hydrogens (primary N) is 1. The highest BCUT2D eigenvalue weighted by atomic mass is 16.1. The van der Waals surface area contributed by atoms with Crippen molar-refractivity contribution in [1.82, 2.24) is 0 Å². The molecule has 1 aromatic carbocycles. The molecule has 1 aliphatic heterocycles. The normalized spacial score (nSPS) is 23.4. The summed E-state index contributed by atoms with van der Waals surface area (Å²) in [6, 6.07) is 6.62. The predicted octanol–water partition coefficient (Wildman–Crippen LogP) is 3.63. The Balaban J connectivity index is 1.87. The molecule has 1 saturated heterocycles. The van der Waals surface area contributed by atoms with Crippen molar-refractivity contribution in [3.05, 3.63) is 23.8 Å². The van der Waals surface area contributed by atoms with Gasteiger partial charge < -0.3 is 10.6 Å². The molecule has 2 aliphatic rings. The summed E-state index contributed by atoms with van der Waals surface area (Å²) < 4.78 is 0. The molecule has 3 rings (SSSR count). The summed E-state index contributed by atoms with van der Waals surface area (Å²) in [6.45, 7) is 2.70. The highest BCUT2D eigenvalue weighted by Gasteiger charge is 2.33. The summed E-state index contributed by atoms with van der Waals surface area (Å²) in [5.41, 5.74) is 8.35. The van der Waals surface area contributed by atoms with Gasteiger partial charge in [0.1, 0.15) is 0 Å². The monoisotopic (exact) mass is 272 g/mol. The smallest absolute Gasteiger partial charge is 0.161 e. The highest BCUT2D eigenvalue weighted by molar-refractivity contribution is 6.00. The van der Waals surface area contributed by atoms with Crippen LogP contribution in [0, 0.1) is 5.92 Å². The Morgan fingerprint density at radius 1 is 1.20 bits per heavy atom. The zero-order valence-electron chi connectivity index (χ0n) is 12.3. The Labute approximate surface area is 121 Å². The van der Waals surface area contributed by atoms with Crippen molar-refractivity contribution in [2.75, 3.05) is 17.2 Å². The van der Waals surface area contributed by atoms with Crippen molar-refractivity contribution in [3.8, 4) is 0 Å². The van der Waals surface area contributed by atoms with Crippen LogP contribution in [0.1, 0.15) is 55.8 Å². The number of carbonyl (C=O) groups excluding carboxylic acids is 1. The van der Waals surface area contributed by atoms with Gasteiger partial charge in [-0.25, -0.2) is 0 Å². The van der Waals surface area contributed by atoms with Gasteiger partial charge in [-0.05, 0) is 56.7 Å². The minimum Gasteiger partial charge on any atom is -0.398 e. The molecule has 1 heterocycles. The summed E-state index contributed by atoms with van der Waals surface area (Å²) in [5.74, 6) is 0.900. The van der Waals surface area contributed by atoms with Crippen LogP contribution in [0.2, 0.25) is 0 Å². The van der Waals surface area contributed by atoms with Gasteiger partial charge in [0.25, 0.3) is 0 Å². The third-order valence-corrected chi connectivity index (χ3v) is 4.99. The molecular weight excluding hydrogens is 248 g/mol. The standard InChI is InChI=1S/C17H24N2O/c1-12(20)15-11-14(8-9-16(15)18)19-10-4-7-17(19)13-5-2-3-6-13/h8-9,11,13,17H,2-7,10,18H2,1H3. The van der Waals surface area contributed by atoms with Gasteiger partial charge in [0.2, 0.25) is 0 Å². The molecule has 108 valence electrons. The maximum Gasteiger partial charge on any atom is 0.161 e. The number of nitrogens with zero attached hydrogens (tertiary/aromatic N) is 1. The van der Waals surface area contributed by atoms with E-state index in [0.29, 0.717) is 17.3 Å². The van der Waals surface area contributed by atoms with E-state index in [0.717, 1.165) is 12.5 Å². The second kappa shape index (κ2) is 5.47. The Hall–Kier alpha value is -1.51. The Kier molecular flexibility index (Phi) is 3.68. The third-order valence-electron chi connectivity index (χ3n) is 4.99. The van der Waals surface area contributed by atoms with E-state index in [9.17, 15) is 4.79 Å². The first-order valence-electron chi connectivity index (χ1n) is 7.84. The molecule has 0 spiro atoms. The molecule has 0 bridgehead atoms. The molecule has 1 aromatic rings. The van der Waals surface area contributed by atoms with Crippen molar-refractivity contribution in [2.45, 2.75) is 51.5 Å². The summed E-state index contributed by atoms with van der Waals surface area (Å²) in [5, 5.41) is 0. The number of rotatable bonds is 3. The molecular formula is C17H24N2O. The van der Waals surface area contributed by atoms with Gasteiger partial charge in [-0.15, -0.1) is 0 Å². The van der Waals surface area contributed by atoms with Crippen LogP contribution >= 0.6 is 0 Å². The number of benzene rings is 1. The van der Waals surface area contributed by atoms with Crippen LogP contribution < -0.4 is 10.6 Å². The van der Waals surface area contributed by atoms with Gasteiger partial charge in [-0.3, -0.25) is 4.79 Å². The van der Waals surface area contributed by atoms with E-state index in [1.165, 1.54) is 44.2 Å². The Morgan fingerprint density at radius 2 is 1.95 bits per heavy atom. The van der Waals surface area contributed by atoms with Gasteiger partial charge in [-0.2, -0.15) is 0 Å². The fourth-order valence-electron chi connectivity index (χ4n) is 3.97. The lowest BCUT2D eigenvalue weighted by Crippen LogP contribution is -2.34. The molecule has 0 aromatic heterocycles. The third kappa shape index (κ3) is 2.41. The van der Waals surface area contributed by atoms with Crippen LogP contribution in [0.15, 0.2) is 18.2 Å². The van der Waals surface area contributed by atoms with E-state index < -0.39 is 0 Å². The van der Waals surface area contributed by atoms with Crippen LogP contribution in [0.4, 0.5) is 11.4 Å². The summed E-state index contributed by atoms with van der Waals surface area (Å²) >= 11 is 0. The van der Waals surface area contributed by atoms with E-state index >= 15 is 0 Å². The summed E-state index contributed by atoms with van der Waals surface area (Å²) in [4.78, 5) is 14.2. The average Bonchev–Trinajstić information content (AvgIpc) is 3.09. The van der Waals surface area contributed by atoms with E-state index in [1.807, 2.05) is 12.1 Å². The second-order valence-electron chi connectivity index (χ2n) is 6.28. The highest BCUT2D eigenvalue weighted by Crippen LogP contribution is 2.38. The number of anilines is 2. The van der Waals surface area contributed by atoms with E-state index in [2.05, 4.69) is 11.0 Å². The lowest BCUT2D eigenvalue weighted by Gasteiger charge is -2.31. The number of ketones is 1. The first-order valence-corrected chi connectivity index (χ1v) is 7.84. The minimum absolute atomic E-state index is 0.0564. The summed E-state index contributed by atoms with van der Waals surface area (Å²) in [7, 11) is 0. The second-order valence-corrected chi connectivity index (χ2v) is 6.28. The molecule has 1 aliphatic carbocycles. The number of carbonyl (C=O) groups is 1. The van der Waals surface area contributed by atoms with Crippen molar-refractivity contribution < 1.29 is 4.79 Å². The zero-order chi connectivity index (χ0) is 14.1. The van der Waals surface area contributed by atoms with Gasteiger partial charge in [0, 0.05) is 29.5 Å². The van der Waals surface area contributed by atoms with Gasteiger partial charge in [-0.1, -0.05) is 12.8 Å². The molecule has 2 fully saturated rings. The maximum atomic E-state index is 11.7. The Bertz CT molecular complexity index is 506. The number of hydrogen-bond donors (Lipinski definition) is 1. The van der Waals surface area contributed by atoms with E-state index in [1.54, 1.807) is 6.92 Å². The molecule has 1 unspecified atom stereocenters. The molecule has 0 radical (unpaired) electrons. The number of Topliss-reactive ketones (excluding diaryl/α,β-unsaturated/α-hetero) is 1. The van der Waals surface area contributed by atoms with Gasteiger partial charge >= 0.3 is 0 Å². The van der Waals surface area contributed by atoms with Crippen molar-refractivity contribution >= 4 is 17.2 Å². The molecule has 1 saturated carbocycles. The minimum atomic E-state index is 0.0564. The fraction of sp³-hybridized carbons (Fsp3) is 0.588. The lowest BCUT2D eigenvalue weighted by atomic mass is 9.95. The largest absolute Gasteiger partial charge is 0.398 e. The zero-order valence-corrected chi connectivity index (χ0v) is 12.3. The van der Waals surface area contributed by atoms with E-state index in [-0.39, 0.29) is 5.78 Å². The van der Waals surface area contributed by atoms with Crippen LogP contribution in [0.5, 0.6) is 0 Å². The fourth-order valence-corrected chi connectivity index (χ4v) is 3.97. The quantitative estimate of drug-likeness (QED) is 0.675. The van der Waals surface area contributed by atoms with Crippen LogP contribution in [-0.2, 0) is 0 Å². The topological polar surface area (TPSA) is 46.3 Å². The SMILES string of the molecule is CC(=O)c1cc(N2CCCC2C2CCCC2)ccc1N. The molecule has 0 amide bonds. The predicted molar refractivity (Wildman–Crippen MR) is 83.2 cm³/mol. The average molecular weight is 272 g/mol. The van der Waals surface area contributed by atoms with Crippen molar-refractivity contribution in [2.24, 2.45) is 5.92 Å². The van der Waals surface area contributed by atoms with Crippen LogP contribution in [0.3, 0.4) is 0 Å². The molecule has 1 atom stereocenters. The van der Waals surface area contributed by atoms with Crippen molar-refractivity contribution in [3.63, 3.8) is 0 Å². The molecule has 3 heteroatoms. The molecule has 20 heavy (non-hydrogen) atoms. The number of nitrogen functional groups attached to an aromatic ring is 1.